The van der Waals surface area contributed by atoms with E-state index in [1.807, 2.05) is 171 Å². The molecule has 0 spiro atoms. The number of anilines is 4. The second-order valence-electron chi connectivity index (χ2n) is 26.3. The molecule has 15 rings (SSSR count). The van der Waals surface area contributed by atoms with Crippen LogP contribution in [-0.4, -0.2) is 125 Å². The molecule has 2 fully saturated rings. The minimum atomic E-state index is -0.616. The number of likely N-dealkylation sites (tertiary alicyclic amines) is 2. The van der Waals surface area contributed by atoms with E-state index in [2.05, 4.69) is 51.2 Å². The van der Waals surface area contributed by atoms with Gasteiger partial charge in [-0.25, -0.2) is 14.0 Å². The molecule has 6 amide bonds. The number of piperidine rings is 1. The molecule has 550 valence electrons. The van der Waals surface area contributed by atoms with Crippen LogP contribution in [0.5, 0.6) is 28.7 Å². The molecule has 0 radical (unpaired) electrons. The number of amides is 6. The summed E-state index contributed by atoms with van der Waals surface area (Å²) in [6.45, 7) is 13.2. The number of pyridine rings is 1. The molecule has 9 heterocycles. The van der Waals surface area contributed by atoms with Gasteiger partial charge in [-0.15, -0.1) is 0 Å². The zero-order valence-electron chi connectivity index (χ0n) is 59.4. The molecular formula is C82H81ClN16O9. The lowest BCUT2D eigenvalue weighted by Crippen LogP contribution is -2.43. The summed E-state index contributed by atoms with van der Waals surface area (Å²) < 4.78 is 23.2. The van der Waals surface area contributed by atoms with Gasteiger partial charge in [-0.05, 0) is 185 Å². The van der Waals surface area contributed by atoms with Crippen LogP contribution in [-0.2, 0) is 21.0 Å². The standard InChI is InChI=1S/C28H25ClN6O3.C28H29N5O3.C26H27N5O3/c1-2-24(36)33-21-9-4-3-8-19(21)22-12-14-32-28-25(27(30)37)26(34-35(22)28)17-10-11-23(20(29)15-17)38-16-18-7-5-6-13-31-18;1-2-6-24(34)32-17-14-19(15-18-32)23-13-16-30-28-25(27(29)35)26(31-33(23)28)20-9-11-22(12-10-20)36-21-7-4-3-5-8-21;1-2-22(32)30-16-6-9-20(30)21-14-15-28-26-23(25(27)33)24(29-31(21)26)17-10-12-19(13-11-17)34-18-7-4-3-5-8-18/h2-11,13,15,22,32H,1,12,14,16H2,(H2,30,37)(H,33,36);3-5,7-12,19,23,30H,13-18H2,1H3,(H2,29,35);2-5,7-8,10-13,20-21,28H,1,6,9,14-16H2,(H2,27,33)/t;23-;/m.0./s1. The summed E-state index contributed by atoms with van der Waals surface area (Å²) in [5, 5.41) is 27.7. The monoisotopic (exact) mass is 1470 g/mol. The van der Waals surface area contributed by atoms with Crippen molar-refractivity contribution in [2.24, 2.45) is 23.1 Å². The Morgan fingerprint density at radius 2 is 1.07 bits per heavy atom. The van der Waals surface area contributed by atoms with E-state index in [0.29, 0.717) is 124 Å². The minimum Gasteiger partial charge on any atom is -0.486 e. The van der Waals surface area contributed by atoms with E-state index in [4.69, 9.17) is 58.3 Å². The molecular weight excluding hydrogens is 1390 g/mol. The number of carbonyl (C=O) groups is 6. The largest absolute Gasteiger partial charge is 0.486 e. The van der Waals surface area contributed by atoms with E-state index in [-0.39, 0.29) is 54.1 Å². The van der Waals surface area contributed by atoms with Gasteiger partial charge in [0, 0.05) is 73.4 Å². The number of ether oxygens (including phenoxy) is 3. The first kappa shape index (κ1) is 73.4. The Morgan fingerprint density at radius 1 is 0.565 bits per heavy atom. The summed E-state index contributed by atoms with van der Waals surface area (Å²) in [5.74, 6) is 8.65. The number of aromatic nitrogens is 7. The third kappa shape index (κ3) is 16.1. The fraction of sp³-hybridized carbons (Fsp3) is 0.244. The molecule has 6 aromatic carbocycles. The van der Waals surface area contributed by atoms with Gasteiger partial charge in [-0.2, -0.15) is 15.3 Å². The van der Waals surface area contributed by atoms with Gasteiger partial charge in [0.1, 0.15) is 86.6 Å². The average Bonchev–Trinajstić information content (AvgIpc) is 1.61. The van der Waals surface area contributed by atoms with E-state index < -0.39 is 17.7 Å². The fourth-order valence-corrected chi connectivity index (χ4v) is 14.9. The van der Waals surface area contributed by atoms with Gasteiger partial charge in [0.2, 0.25) is 11.8 Å². The molecule has 0 aliphatic carbocycles. The highest BCUT2D eigenvalue weighted by atomic mass is 35.5. The molecule has 0 saturated carbocycles. The van der Waals surface area contributed by atoms with Crippen LogP contribution in [0.1, 0.15) is 112 Å². The third-order valence-electron chi connectivity index (χ3n) is 19.7. The highest BCUT2D eigenvalue weighted by Crippen LogP contribution is 2.44. The van der Waals surface area contributed by atoms with Crippen LogP contribution in [0.3, 0.4) is 0 Å². The molecule has 108 heavy (non-hydrogen) atoms. The first-order valence-electron chi connectivity index (χ1n) is 35.7. The van der Waals surface area contributed by atoms with Gasteiger partial charge in [0.25, 0.3) is 23.6 Å². The lowest BCUT2D eigenvalue weighted by atomic mass is 9.87. The highest BCUT2D eigenvalue weighted by molar-refractivity contribution is 6.32. The van der Waals surface area contributed by atoms with Crippen LogP contribution < -0.4 is 52.7 Å². The number of carbonyl (C=O) groups excluding carboxylic acids is 6. The smallest absolute Gasteiger partial charge is 0.298 e. The summed E-state index contributed by atoms with van der Waals surface area (Å²) in [4.78, 5) is 82.2. The number of primary amides is 3. The van der Waals surface area contributed by atoms with Crippen molar-refractivity contribution in [2.75, 3.05) is 60.5 Å². The van der Waals surface area contributed by atoms with Crippen LogP contribution >= 0.6 is 11.6 Å². The zero-order chi connectivity index (χ0) is 75.4. The number of nitrogens with two attached hydrogens (primary N) is 3. The molecule has 4 aromatic heterocycles. The van der Waals surface area contributed by atoms with Crippen molar-refractivity contribution in [3.05, 3.63) is 234 Å². The fourth-order valence-electron chi connectivity index (χ4n) is 14.6. The molecule has 5 aliphatic rings. The summed E-state index contributed by atoms with van der Waals surface area (Å²) in [7, 11) is 0. The first-order chi connectivity index (χ1) is 52.6. The van der Waals surface area contributed by atoms with Crippen LogP contribution in [0.25, 0.3) is 33.8 Å². The molecule has 26 heteroatoms. The topological polar surface area (TPSA) is 329 Å². The first-order valence-corrected chi connectivity index (χ1v) is 36.1. The Morgan fingerprint density at radius 3 is 1.62 bits per heavy atom. The van der Waals surface area contributed by atoms with Gasteiger partial charge in [-0.3, -0.25) is 33.8 Å². The van der Waals surface area contributed by atoms with Gasteiger partial charge in [0.15, 0.2) is 0 Å². The molecule has 4 atom stereocenters. The molecule has 10 aromatic rings. The predicted molar refractivity (Wildman–Crippen MR) is 414 cm³/mol. The number of hydrogen-bond acceptors (Lipinski definition) is 16. The highest BCUT2D eigenvalue weighted by Gasteiger charge is 2.41. The summed E-state index contributed by atoms with van der Waals surface area (Å²) >= 11 is 6.55. The van der Waals surface area contributed by atoms with Gasteiger partial charge in [-0.1, -0.05) is 91.3 Å². The number of fused-ring (bicyclic) bond motifs is 3. The van der Waals surface area contributed by atoms with Crippen molar-refractivity contribution in [1.29, 1.82) is 0 Å². The quantitative estimate of drug-likeness (QED) is 0.0292. The zero-order valence-corrected chi connectivity index (χ0v) is 60.2. The molecule has 3 unspecified atom stereocenters. The van der Waals surface area contributed by atoms with E-state index in [1.54, 1.807) is 36.0 Å². The van der Waals surface area contributed by atoms with E-state index in [9.17, 15) is 28.8 Å². The molecule has 5 aliphatic heterocycles. The van der Waals surface area contributed by atoms with Crippen molar-refractivity contribution in [3.8, 4) is 74.4 Å². The Balaban J connectivity index is 0.000000143. The maximum absolute atomic E-state index is 12.6. The molecule has 2 saturated heterocycles. The van der Waals surface area contributed by atoms with Gasteiger partial charge in [0.05, 0.1) is 34.9 Å². The number of hydrogen-bond donors (Lipinski definition) is 7. The van der Waals surface area contributed by atoms with Gasteiger partial charge < -0.3 is 62.5 Å². The number of para-hydroxylation sites is 3. The average molecular weight is 1470 g/mol. The van der Waals surface area contributed by atoms with Crippen molar-refractivity contribution < 1.29 is 43.0 Å². The lowest BCUT2D eigenvalue weighted by Gasteiger charge is -2.37. The summed E-state index contributed by atoms with van der Waals surface area (Å²) in [6.07, 6.45) is 10.2. The number of rotatable bonds is 19. The Kier molecular flexibility index (Phi) is 22.7. The van der Waals surface area contributed by atoms with E-state index in [0.717, 1.165) is 79.0 Å². The van der Waals surface area contributed by atoms with E-state index >= 15 is 0 Å². The molecule has 10 N–H and O–H groups in total. The Hall–Kier alpha value is -13.0. The van der Waals surface area contributed by atoms with Crippen molar-refractivity contribution in [1.82, 2.24) is 44.1 Å². The van der Waals surface area contributed by atoms with Crippen LogP contribution in [0.15, 0.2) is 201 Å². The van der Waals surface area contributed by atoms with E-state index in [1.165, 1.54) is 12.2 Å². The number of halogens is 1. The maximum atomic E-state index is 12.6. The predicted octanol–water partition coefficient (Wildman–Crippen LogP) is 12.8. The number of nitrogens with zero attached hydrogens (tertiary/aromatic N) is 9. The minimum absolute atomic E-state index is 0.00137. The lowest BCUT2D eigenvalue weighted by molar-refractivity contribution is -0.128. The normalized spacial score (nSPS) is 16.8. The second kappa shape index (κ2) is 33.4. The molecule has 0 bridgehead atoms. The summed E-state index contributed by atoms with van der Waals surface area (Å²) in [5.41, 5.74) is 24.5. The number of benzene rings is 6. The van der Waals surface area contributed by atoms with Crippen LogP contribution in [0.4, 0.5) is 23.1 Å². The summed E-state index contributed by atoms with van der Waals surface area (Å²) in [6, 6.07) is 52.2. The maximum Gasteiger partial charge on any atom is 0.298 e. The Labute approximate surface area is 629 Å². The SMILES string of the molecule is C=CC(=O)N1CCCC1C1CCNc2c(C(N)=O)c(-c3ccc(Oc4ccccc4)cc3)nn21.C=CC(=O)Nc1ccccc1C1CCNc2c(C(N)=O)c(-c3ccc(OCc4ccccn4)c(Cl)c3)nn21.CC#CC(=O)N1CCC([C@@H]2CCNc3c(C(N)=O)c(-c4ccc(Oc5ccccc5)cc4)nn32)CC1. The third-order valence-corrected chi connectivity index (χ3v) is 20.0. The van der Waals surface area contributed by atoms with Gasteiger partial charge >= 0.3 is 0 Å². The van der Waals surface area contributed by atoms with Crippen molar-refractivity contribution in [2.45, 2.75) is 82.6 Å². The number of nitrogens with one attached hydrogen (secondary N) is 4. The van der Waals surface area contributed by atoms with Crippen LogP contribution in [0, 0.1) is 17.8 Å². The second-order valence-corrected chi connectivity index (χ2v) is 26.7. The van der Waals surface area contributed by atoms with Crippen molar-refractivity contribution in [3.63, 3.8) is 0 Å². The molecule has 25 nitrogen and oxygen atoms in total. The van der Waals surface area contributed by atoms with Crippen molar-refractivity contribution >= 4 is 70.2 Å². The van der Waals surface area contributed by atoms with Crippen LogP contribution in [0.2, 0.25) is 5.02 Å². The Bertz CT molecular complexity index is 5050.